The Kier molecular flexibility index (Phi) is 3.27. The Labute approximate surface area is 91.4 Å². The molecule has 1 aliphatic carbocycles. The highest BCUT2D eigenvalue weighted by atomic mass is 16.5. The van der Waals surface area contributed by atoms with Crippen LogP contribution < -0.4 is 10.5 Å². The molecule has 0 amide bonds. The summed E-state index contributed by atoms with van der Waals surface area (Å²) in [7, 11) is 0. The molecule has 0 heterocycles. The average molecular weight is 205 g/mol. The number of hydrogen-bond donors (Lipinski definition) is 1. The molecule has 1 unspecified atom stereocenters. The van der Waals surface area contributed by atoms with Crippen molar-refractivity contribution in [3.8, 4) is 5.75 Å². The molecular weight excluding hydrogens is 186 g/mol. The first-order valence-electron chi connectivity index (χ1n) is 5.74. The number of benzene rings is 1. The molecule has 15 heavy (non-hydrogen) atoms. The fourth-order valence-corrected chi connectivity index (χ4v) is 1.64. The third kappa shape index (κ3) is 3.24. The minimum Gasteiger partial charge on any atom is -0.494 e. The van der Waals surface area contributed by atoms with Crippen LogP contribution in [0.15, 0.2) is 24.3 Å². The summed E-state index contributed by atoms with van der Waals surface area (Å²) in [5, 5.41) is 0. The molecule has 1 atom stereocenters. The van der Waals surface area contributed by atoms with Crippen molar-refractivity contribution in [2.45, 2.75) is 32.2 Å². The zero-order valence-electron chi connectivity index (χ0n) is 9.28. The second-order valence-electron chi connectivity index (χ2n) is 4.44. The summed E-state index contributed by atoms with van der Waals surface area (Å²) in [6.07, 6.45) is 3.98. The van der Waals surface area contributed by atoms with Gasteiger partial charge in [0.25, 0.3) is 0 Å². The van der Waals surface area contributed by atoms with E-state index in [4.69, 9.17) is 10.5 Å². The van der Waals surface area contributed by atoms with Crippen LogP contribution in [0.2, 0.25) is 0 Å². The van der Waals surface area contributed by atoms with Crippen molar-refractivity contribution in [2.24, 2.45) is 11.7 Å². The van der Waals surface area contributed by atoms with Gasteiger partial charge in [-0.25, -0.2) is 0 Å². The Morgan fingerprint density at radius 3 is 2.93 bits per heavy atom. The van der Waals surface area contributed by atoms with Crippen molar-refractivity contribution in [2.75, 3.05) is 6.61 Å². The standard InChI is InChI=1S/C13H19NO/c1-10(14)12-3-2-4-13(9-12)15-8-7-11-5-6-11/h2-4,9-11H,5-8,14H2,1H3. The summed E-state index contributed by atoms with van der Waals surface area (Å²) in [6.45, 7) is 2.83. The van der Waals surface area contributed by atoms with Crippen molar-refractivity contribution in [1.82, 2.24) is 0 Å². The number of hydrogen-bond acceptors (Lipinski definition) is 2. The van der Waals surface area contributed by atoms with Crippen LogP contribution in [-0.4, -0.2) is 6.61 Å². The molecule has 1 saturated carbocycles. The van der Waals surface area contributed by atoms with Gasteiger partial charge in [-0.1, -0.05) is 25.0 Å². The zero-order valence-corrected chi connectivity index (χ0v) is 9.28. The van der Waals surface area contributed by atoms with Gasteiger partial charge in [0.05, 0.1) is 6.61 Å². The fourth-order valence-electron chi connectivity index (χ4n) is 1.64. The fraction of sp³-hybridized carbons (Fsp3) is 0.538. The van der Waals surface area contributed by atoms with Crippen molar-refractivity contribution in [3.05, 3.63) is 29.8 Å². The Morgan fingerprint density at radius 2 is 2.27 bits per heavy atom. The maximum atomic E-state index is 5.81. The van der Waals surface area contributed by atoms with Crippen molar-refractivity contribution in [3.63, 3.8) is 0 Å². The molecule has 2 heteroatoms. The van der Waals surface area contributed by atoms with E-state index in [0.717, 1.165) is 23.8 Å². The van der Waals surface area contributed by atoms with Gasteiger partial charge in [0.2, 0.25) is 0 Å². The SMILES string of the molecule is CC(N)c1cccc(OCCC2CC2)c1. The summed E-state index contributed by atoms with van der Waals surface area (Å²) in [5.74, 6) is 1.88. The molecule has 2 nitrogen and oxygen atoms in total. The summed E-state index contributed by atoms with van der Waals surface area (Å²) in [5.41, 5.74) is 6.95. The van der Waals surface area contributed by atoms with Gasteiger partial charge in [0.15, 0.2) is 0 Å². The van der Waals surface area contributed by atoms with E-state index in [2.05, 4.69) is 0 Å². The molecule has 0 radical (unpaired) electrons. The molecule has 82 valence electrons. The molecule has 1 aliphatic rings. The Morgan fingerprint density at radius 1 is 1.47 bits per heavy atom. The summed E-state index contributed by atoms with van der Waals surface area (Å²) in [4.78, 5) is 0. The first-order valence-corrected chi connectivity index (χ1v) is 5.74. The van der Waals surface area contributed by atoms with Crippen LogP contribution in [-0.2, 0) is 0 Å². The van der Waals surface area contributed by atoms with Crippen molar-refractivity contribution < 1.29 is 4.74 Å². The van der Waals surface area contributed by atoms with E-state index in [1.54, 1.807) is 0 Å². The topological polar surface area (TPSA) is 35.2 Å². The van der Waals surface area contributed by atoms with Crippen LogP contribution in [0.5, 0.6) is 5.75 Å². The minimum absolute atomic E-state index is 0.0805. The molecule has 0 aromatic heterocycles. The molecule has 2 rings (SSSR count). The van der Waals surface area contributed by atoms with E-state index in [-0.39, 0.29) is 6.04 Å². The zero-order chi connectivity index (χ0) is 10.7. The van der Waals surface area contributed by atoms with Gasteiger partial charge < -0.3 is 10.5 Å². The largest absolute Gasteiger partial charge is 0.494 e. The van der Waals surface area contributed by atoms with E-state index < -0.39 is 0 Å². The van der Waals surface area contributed by atoms with E-state index in [1.807, 2.05) is 31.2 Å². The first kappa shape index (κ1) is 10.5. The van der Waals surface area contributed by atoms with E-state index in [0.29, 0.717) is 0 Å². The molecule has 0 saturated heterocycles. The smallest absolute Gasteiger partial charge is 0.119 e. The molecule has 1 aromatic carbocycles. The third-order valence-corrected chi connectivity index (χ3v) is 2.88. The number of rotatable bonds is 5. The molecule has 0 bridgehead atoms. The van der Waals surface area contributed by atoms with Crippen LogP contribution in [0.4, 0.5) is 0 Å². The Hall–Kier alpha value is -1.02. The normalized spacial score (nSPS) is 17.5. The van der Waals surface area contributed by atoms with E-state index in [9.17, 15) is 0 Å². The van der Waals surface area contributed by atoms with Gasteiger partial charge in [0.1, 0.15) is 5.75 Å². The molecule has 0 spiro atoms. The molecule has 2 N–H and O–H groups in total. The lowest BCUT2D eigenvalue weighted by Gasteiger charge is -2.09. The first-order chi connectivity index (χ1) is 7.25. The van der Waals surface area contributed by atoms with Gasteiger partial charge >= 0.3 is 0 Å². The molecule has 1 fully saturated rings. The third-order valence-electron chi connectivity index (χ3n) is 2.88. The summed E-state index contributed by atoms with van der Waals surface area (Å²) >= 11 is 0. The Bertz CT molecular complexity index is 318. The van der Waals surface area contributed by atoms with E-state index in [1.165, 1.54) is 19.3 Å². The van der Waals surface area contributed by atoms with Crippen LogP contribution in [0.1, 0.15) is 37.8 Å². The van der Waals surface area contributed by atoms with Crippen LogP contribution in [0, 0.1) is 5.92 Å². The van der Waals surface area contributed by atoms with Gasteiger partial charge in [-0.05, 0) is 37.0 Å². The van der Waals surface area contributed by atoms with Gasteiger partial charge in [-0.3, -0.25) is 0 Å². The maximum Gasteiger partial charge on any atom is 0.119 e. The molecule has 0 aliphatic heterocycles. The molecule has 1 aromatic rings. The maximum absolute atomic E-state index is 5.81. The highest BCUT2D eigenvalue weighted by Gasteiger charge is 2.20. The monoisotopic (exact) mass is 205 g/mol. The number of ether oxygens (including phenoxy) is 1. The summed E-state index contributed by atoms with van der Waals surface area (Å²) in [6, 6.07) is 8.16. The highest BCUT2D eigenvalue weighted by molar-refractivity contribution is 5.30. The van der Waals surface area contributed by atoms with Crippen molar-refractivity contribution >= 4 is 0 Å². The van der Waals surface area contributed by atoms with Crippen LogP contribution in [0.3, 0.4) is 0 Å². The lowest BCUT2D eigenvalue weighted by atomic mass is 10.1. The Balaban J connectivity index is 1.86. The predicted octanol–water partition coefficient (Wildman–Crippen LogP) is 2.89. The van der Waals surface area contributed by atoms with Gasteiger partial charge in [0, 0.05) is 6.04 Å². The van der Waals surface area contributed by atoms with E-state index >= 15 is 0 Å². The van der Waals surface area contributed by atoms with Crippen molar-refractivity contribution in [1.29, 1.82) is 0 Å². The van der Waals surface area contributed by atoms with Crippen LogP contribution in [0.25, 0.3) is 0 Å². The highest BCUT2D eigenvalue weighted by Crippen LogP contribution is 2.32. The second-order valence-corrected chi connectivity index (χ2v) is 4.44. The minimum atomic E-state index is 0.0805. The average Bonchev–Trinajstić information content (AvgIpc) is 3.02. The second kappa shape index (κ2) is 4.67. The predicted molar refractivity (Wildman–Crippen MR) is 61.9 cm³/mol. The lowest BCUT2D eigenvalue weighted by molar-refractivity contribution is 0.302. The lowest BCUT2D eigenvalue weighted by Crippen LogP contribution is -2.05. The number of nitrogens with two attached hydrogens (primary N) is 1. The quantitative estimate of drug-likeness (QED) is 0.802. The van der Waals surface area contributed by atoms with Crippen LogP contribution >= 0.6 is 0 Å². The molecular formula is C13H19NO. The summed E-state index contributed by atoms with van der Waals surface area (Å²) < 4.78 is 5.69. The van der Waals surface area contributed by atoms with Gasteiger partial charge in [-0.15, -0.1) is 0 Å². The van der Waals surface area contributed by atoms with Gasteiger partial charge in [-0.2, -0.15) is 0 Å².